The van der Waals surface area contributed by atoms with Gasteiger partial charge in [-0.1, -0.05) is 13.2 Å². The first-order valence-electron chi connectivity index (χ1n) is 15.6. The normalized spacial score (nSPS) is 21.1. The Labute approximate surface area is 264 Å². The maximum atomic E-state index is 12.9. The number of ketones is 2. The van der Waals surface area contributed by atoms with Crippen molar-refractivity contribution in [2.45, 2.75) is 85.0 Å². The van der Waals surface area contributed by atoms with Crippen LogP contribution in [0.25, 0.3) is 0 Å². The molecule has 0 spiro atoms. The molecule has 0 aromatic heterocycles. The molecule has 2 saturated carbocycles. The van der Waals surface area contributed by atoms with E-state index in [0.29, 0.717) is 68.4 Å². The number of esters is 4. The molecule has 244 valence electrons. The summed E-state index contributed by atoms with van der Waals surface area (Å²) in [6.45, 7) is 11.9. The number of aryl methyl sites for hydroxylation is 1. The minimum Gasteiger partial charge on any atom is -0.462 e. The van der Waals surface area contributed by atoms with Gasteiger partial charge in [0.05, 0.1) is 25.0 Å². The third-order valence-electron chi connectivity index (χ3n) is 8.47. The Bertz CT molecular complexity index is 1310. The molecule has 2 aliphatic rings. The summed E-state index contributed by atoms with van der Waals surface area (Å²) < 4.78 is 21.3. The molecule has 0 saturated heterocycles. The highest BCUT2D eigenvalue weighted by molar-refractivity contribution is 5.88. The second-order valence-corrected chi connectivity index (χ2v) is 12.1. The zero-order chi connectivity index (χ0) is 33.1. The Kier molecular flexibility index (Phi) is 13.2. The van der Waals surface area contributed by atoms with E-state index in [9.17, 15) is 28.8 Å². The third kappa shape index (κ3) is 10.8. The van der Waals surface area contributed by atoms with Gasteiger partial charge in [-0.25, -0.2) is 9.59 Å². The average molecular weight is 625 g/mol. The van der Waals surface area contributed by atoms with E-state index in [0.717, 1.165) is 0 Å². The number of hydrogen-bond acceptors (Lipinski definition) is 10. The molecule has 0 heterocycles. The second-order valence-electron chi connectivity index (χ2n) is 12.1. The van der Waals surface area contributed by atoms with Gasteiger partial charge in [0.15, 0.2) is 0 Å². The molecule has 10 nitrogen and oxygen atoms in total. The van der Waals surface area contributed by atoms with Crippen LogP contribution in [0.5, 0.6) is 11.5 Å². The van der Waals surface area contributed by atoms with Gasteiger partial charge in [0, 0.05) is 35.8 Å². The number of hydrogen-bond donors (Lipinski definition) is 0. The van der Waals surface area contributed by atoms with Crippen LogP contribution in [0.2, 0.25) is 0 Å². The van der Waals surface area contributed by atoms with Crippen molar-refractivity contribution in [3.8, 4) is 11.5 Å². The summed E-state index contributed by atoms with van der Waals surface area (Å²) in [4.78, 5) is 73.6. The maximum Gasteiger partial charge on any atom is 0.333 e. The van der Waals surface area contributed by atoms with Crippen molar-refractivity contribution in [1.82, 2.24) is 0 Å². The largest absolute Gasteiger partial charge is 0.462 e. The highest BCUT2D eigenvalue weighted by Gasteiger charge is 2.32. The van der Waals surface area contributed by atoms with Crippen LogP contribution in [0.15, 0.2) is 42.5 Å². The second kappa shape index (κ2) is 16.8. The van der Waals surface area contributed by atoms with Crippen molar-refractivity contribution in [1.29, 1.82) is 0 Å². The van der Waals surface area contributed by atoms with Gasteiger partial charge in [0.25, 0.3) is 0 Å². The highest BCUT2D eigenvalue weighted by Crippen LogP contribution is 2.34. The predicted molar refractivity (Wildman–Crippen MR) is 164 cm³/mol. The van der Waals surface area contributed by atoms with Crippen LogP contribution in [0.4, 0.5) is 0 Å². The summed E-state index contributed by atoms with van der Waals surface area (Å²) in [7, 11) is 0. The van der Waals surface area contributed by atoms with Gasteiger partial charge in [-0.2, -0.15) is 0 Å². The van der Waals surface area contributed by atoms with Gasteiger partial charge in [-0.15, -0.1) is 0 Å². The van der Waals surface area contributed by atoms with Crippen LogP contribution < -0.4 is 9.47 Å². The summed E-state index contributed by atoms with van der Waals surface area (Å²) in [5.41, 5.74) is 1.22. The molecular weight excluding hydrogens is 580 g/mol. The molecule has 0 N–H and O–H groups in total. The lowest BCUT2D eigenvalue weighted by Gasteiger charge is -2.26. The molecular formula is C35H44O10. The molecule has 45 heavy (non-hydrogen) atoms. The van der Waals surface area contributed by atoms with E-state index in [2.05, 4.69) is 13.2 Å². The quantitative estimate of drug-likeness (QED) is 0.146. The maximum absolute atomic E-state index is 12.9. The van der Waals surface area contributed by atoms with Gasteiger partial charge in [-0.3, -0.25) is 19.2 Å². The Hall–Kier alpha value is -4.08. The molecule has 2 fully saturated rings. The molecule has 0 amide bonds. The molecule has 1 aromatic carbocycles. The van der Waals surface area contributed by atoms with Gasteiger partial charge < -0.3 is 18.9 Å². The van der Waals surface area contributed by atoms with E-state index in [4.69, 9.17) is 18.9 Å². The topological polar surface area (TPSA) is 139 Å². The molecule has 2 aliphatic carbocycles. The molecule has 0 atom stereocenters. The third-order valence-corrected chi connectivity index (χ3v) is 8.47. The van der Waals surface area contributed by atoms with E-state index < -0.39 is 11.9 Å². The Morgan fingerprint density at radius 2 is 1.04 bits per heavy atom. The summed E-state index contributed by atoms with van der Waals surface area (Å²) in [6, 6.07) is 4.84. The van der Waals surface area contributed by atoms with Gasteiger partial charge in [0.1, 0.15) is 23.1 Å². The van der Waals surface area contributed by atoms with E-state index in [1.807, 2.05) is 0 Å². The van der Waals surface area contributed by atoms with Crippen LogP contribution in [0, 0.1) is 30.6 Å². The zero-order valence-corrected chi connectivity index (χ0v) is 26.5. The molecule has 0 bridgehead atoms. The summed E-state index contributed by atoms with van der Waals surface area (Å²) in [6.07, 6.45) is 4.71. The smallest absolute Gasteiger partial charge is 0.333 e. The van der Waals surface area contributed by atoms with Crippen LogP contribution in [0.1, 0.15) is 83.6 Å². The standard InChI is InChI=1S/C35H44O10/c1-21(2)32(38)42-18-16-29(36)24-6-10-26(11-7-24)34(40)44-28-14-15-31(23(5)20-28)45-35(41)27-12-8-25(9-13-27)30(37)17-19-43-33(39)22(3)4/h14-15,20,24-27H,1,3,6-13,16-19H2,2,4-5H3. The number of benzene rings is 1. The van der Waals surface area contributed by atoms with Crippen LogP contribution in [-0.2, 0) is 38.2 Å². The van der Waals surface area contributed by atoms with Gasteiger partial charge in [0.2, 0.25) is 0 Å². The zero-order valence-electron chi connectivity index (χ0n) is 26.5. The molecule has 10 heteroatoms. The number of Topliss-reactive ketones (excluding diaryl/α,β-unsaturated/α-hetero) is 2. The number of carbonyl (C=O) groups is 6. The van der Waals surface area contributed by atoms with Crippen molar-refractivity contribution in [2.24, 2.45) is 23.7 Å². The fourth-order valence-corrected chi connectivity index (χ4v) is 5.64. The molecule has 0 aliphatic heterocycles. The minimum atomic E-state index is -0.512. The Morgan fingerprint density at radius 1 is 0.644 bits per heavy atom. The van der Waals surface area contributed by atoms with Crippen molar-refractivity contribution in [3.63, 3.8) is 0 Å². The monoisotopic (exact) mass is 624 g/mol. The molecule has 0 unspecified atom stereocenters. The number of rotatable bonds is 14. The number of carbonyl (C=O) groups excluding carboxylic acids is 6. The van der Waals surface area contributed by atoms with E-state index in [-0.39, 0.29) is 84.4 Å². The van der Waals surface area contributed by atoms with Crippen LogP contribution >= 0.6 is 0 Å². The highest BCUT2D eigenvalue weighted by atomic mass is 16.5. The number of ether oxygens (including phenoxy) is 4. The van der Waals surface area contributed by atoms with Crippen LogP contribution in [-0.4, -0.2) is 48.7 Å². The SMILES string of the molecule is C=C(C)C(=O)OCCC(=O)C1CCC(C(=O)Oc2ccc(OC(=O)C3CCC(C(=O)CCOC(=O)C(=C)C)CC3)c(C)c2)CC1. The van der Waals surface area contributed by atoms with E-state index in [1.165, 1.54) is 0 Å². The molecule has 3 rings (SSSR count). The fourth-order valence-electron chi connectivity index (χ4n) is 5.64. The Morgan fingerprint density at radius 3 is 1.44 bits per heavy atom. The van der Waals surface area contributed by atoms with Crippen molar-refractivity contribution in [3.05, 3.63) is 48.1 Å². The van der Waals surface area contributed by atoms with Crippen molar-refractivity contribution in [2.75, 3.05) is 13.2 Å². The lowest BCUT2D eigenvalue weighted by Crippen LogP contribution is -2.29. The average Bonchev–Trinajstić information content (AvgIpc) is 3.02. The first kappa shape index (κ1) is 35.4. The predicted octanol–water partition coefficient (Wildman–Crippen LogP) is 5.58. The minimum absolute atomic E-state index is 0.0248. The fraction of sp³-hybridized carbons (Fsp3) is 0.543. The van der Waals surface area contributed by atoms with Gasteiger partial charge in [-0.05, 0) is 95.9 Å². The summed E-state index contributed by atoms with van der Waals surface area (Å²) >= 11 is 0. The lowest BCUT2D eigenvalue weighted by atomic mass is 9.79. The van der Waals surface area contributed by atoms with Gasteiger partial charge >= 0.3 is 23.9 Å². The summed E-state index contributed by atoms with van der Waals surface area (Å²) in [5.74, 6) is -1.93. The van der Waals surface area contributed by atoms with E-state index >= 15 is 0 Å². The first-order chi connectivity index (χ1) is 21.3. The van der Waals surface area contributed by atoms with Crippen molar-refractivity contribution >= 4 is 35.4 Å². The van der Waals surface area contributed by atoms with Crippen LogP contribution in [0.3, 0.4) is 0 Å². The lowest BCUT2D eigenvalue weighted by molar-refractivity contribution is -0.143. The molecule has 1 aromatic rings. The first-order valence-corrected chi connectivity index (χ1v) is 15.6. The van der Waals surface area contributed by atoms with Crippen molar-refractivity contribution < 1.29 is 47.7 Å². The molecule has 0 radical (unpaired) electrons. The Balaban J connectivity index is 1.39. The van der Waals surface area contributed by atoms with E-state index in [1.54, 1.807) is 39.0 Å². The summed E-state index contributed by atoms with van der Waals surface area (Å²) in [5, 5.41) is 0.